The molecule has 2 unspecified atom stereocenters. The Kier molecular flexibility index (Phi) is 14.5. The predicted molar refractivity (Wildman–Crippen MR) is 146 cm³/mol. The first kappa shape index (κ1) is 34.9. The molecule has 0 saturated carbocycles. The number of hydrogen-bond acceptors (Lipinski definition) is 9. The standard InChI is InChI=1S/C15H27NO5.C13H25NO4/c1-5-20-13(18)10-12(17)11-6-8-16(9-7-11)14(19)21-15(2,3)4;1-13(2,3)18-12(17)14-7-4-10(5-8-14)11(16)6-9-15/h11-12,17H,5-10H2,1-4H3;10-11,15-16H,4-9H2,1-3H3. The highest BCUT2D eigenvalue weighted by Gasteiger charge is 2.31. The Bertz CT molecular complexity index is 747. The second kappa shape index (κ2) is 16.2. The summed E-state index contributed by atoms with van der Waals surface area (Å²) in [5.74, 6) is -0.177. The maximum absolute atomic E-state index is 11.9. The third kappa shape index (κ3) is 14.2. The molecule has 2 saturated heterocycles. The number of ether oxygens (including phenoxy) is 3. The number of carbonyl (C=O) groups is 3. The lowest BCUT2D eigenvalue weighted by Gasteiger charge is -2.35. The zero-order valence-corrected chi connectivity index (χ0v) is 25.0. The summed E-state index contributed by atoms with van der Waals surface area (Å²) in [6, 6.07) is 0. The van der Waals surface area contributed by atoms with Gasteiger partial charge in [-0.25, -0.2) is 9.59 Å². The molecule has 0 aromatic rings. The van der Waals surface area contributed by atoms with Crippen LogP contribution in [0.25, 0.3) is 0 Å². The summed E-state index contributed by atoms with van der Waals surface area (Å²) in [5.41, 5.74) is -0.971. The minimum Gasteiger partial charge on any atom is -0.466 e. The van der Waals surface area contributed by atoms with E-state index in [1.165, 1.54) is 0 Å². The molecule has 0 bridgehead atoms. The Morgan fingerprint density at radius 1 is 0.769 bits per heavy atom. The smallest absolute Gasteiger partial charge is 0.410 e. The lowest BCUT2D eigenvalue weighted by atomic mass is 9.90. The fourth-order valence-electron chi connectivity index (χ4n) is 4.51. The van der Waals surface area contributed by atoms with Gasteiger partial charge in [0.1, 0.15) is 11.2 Å². The number of hydrogen-bond donors (Lipinski definition) is 3. The number of esters is 1. The Morgan fingerprint density at radius 2 is 1.15 bits per heavy atom. The third-order valence-electron chi connectivity index (χ3n) is 6.58. The first-order valence-corrected chi connectivity index (χ1v) is 14.1. The van der Waals surface area contributed by atoms with Gasteiger partial charge in [-0.2, -0.15) is 0 Å². The van der Waals surface area contributed by atoms with Crippen LogP contribution >= 0.6 is 0 Å². The number of nitrogens with zero attached hydrogens (tertiary/aromatic N) is 2. The largest absolute Gasteiger partial charge is 0.466 e. The van der Waals surface area contributed by atoms with Crippen molar-refractivity contribution in [3.63, 3.8) is 0 Å². The Balaban J connectivity index is 0.000000395. The van der Waals surface area contributed by atoms with E-state index in [2.05, 4.69) is 0 Å². The summed E-state index contributed by atoms with van der Waals surface area (Å²) in [7, 11) is 0. The van der Waals surface area contributed by atoms with Crippen molar-refractivity contribution in [1.82, 2.24) is 9.80 Å². The number of aliphatic hydroxyl groups excluding tert-OH is 3. The fourth-order valence-corrected chi connectivity index (χ4v) is 4.51. The van der Waals surface area contributed by atoms with E-state index in [4.69, 9.17) is 19.3 Å². The van der Waals surface area contributed by atoms with Crippen molar-refractivity contribution in [2.45, 2.75) is 110 Å². The van der Waals surface area contributed by atoms with Gasteiger partial charge in [0.2, 0.25) is 0 Å². The molecule has 39 heavy (non-hydrogen) atoms. The topological polar surface area (TPSA) is 146 Å². The lowest BCUT2D eigenvalue weighted by Crippen LogP contribution is -2.44. The molecule has 2 rings (SSSR count). The highest BCUT2D eigenvalue weighted by molar-refractivity contribution is 5.70. The van der Waals surface area contributed by atoms with Crippen molar-refractivity contribution in [1.29, 1.82) is 0 Å². The van der Waals surface area contributed by atoms with Crippen molar-refractivity contribution in [3.8, 4) is 0 Å². The molecule has 2 heterocycles. The van der Waals surface area contributed by atoms with Gasteiger partial charge in [-0.15, -0.1) is 0 Å². The molecule has 0 spiro atoms. The molecule has 0 aliphatic carbocycles. The molecular formula is C28H52N2O9. The minimum atomic E-state index is -0.704. The summed E-state index contributed by atoms with van der Waals surface area (Å²) in [6.45, 7) is 15.4. The van der Waals surface area contributed by atoms with E-state index in [0.717, 1.165) is 12.8 Å². The number of piperidine rings is 2. The summed E-state index contributed by atoms with van der Waals surface area (Å²) in [6.07, 6.45) is 1.53. The molecular weight excluding hydrogens is 508 g/mol. The lowest BCUT2D eigenvalue weighted by molar-refractivity contribution is -0.146. The van der Waals surface area contributed by atoms with Gasteiger partial charge < -0.3 is 39.3 Å². The van der Waals surface area contributed by atoms with Crippen molar-refractivity contribution >= 4 is 18.2 Å². The average Bonchev–Trinajstić information content (AvgIpc) is 2.83. The van der Waals surface area contributed by atoms with Crippen LogP contribution in [-0.4, -0.2) is 106 Å². The van der Waals surface area contributed by atoms with Gasteiger partial charge in [0.15, 0.2) is 0 Å². The van der Waals surface area contributed by atoms with Crippen molar-refractivity contribution < 1.29 is 43.9 Å². The van der Waals surface area contributed by atoms with E-state index in [1.807, 2.05) is 41.5 Å². The number of carbonyl (C=O) groups excluding carboxylic acids is 3. The Labute approximate surface area is 233 Å². The molecule has 11 nitrogen and oxygen atoms in total. The molecule has 0 aromatic carbocycles. The summed E-state index contributed by atoms with van der Waals surface area (Å²) < 4.78 is 15.5. The molecule has 0 radical (unpaired) electrons. The SMILES string of the molecule is CC(C)(C)OC(=O)N1CCC(C(O)CCO)CC1.CCOC(=O)CC(O)C1CCN(C(=O)OC(C)(C)C)CC1. The van der Waals surface area contributed by atoms with Gasteiger partial charge in [-0.3, -0.25) is 4.79 Å². The van der Waals surface area contributed by atoms with Gasteiger partial charge in [0.25, 0.3) is 0 Å². The van der Waals surface area contributed by atoms with E-state index in [-0.39, 0.29) is 43.0 Å². The molecule has 228 valence electrons. The van der Waals surface area contributed by atoms with Gasteiger partial charge in [-0.1, -0.05) is 0 Å². The Morgan fingerprint density at radius 3 is 1.49 bits per heavy atom. The predicted octanol–water partition coefficient (Wildman–Crippen LogP) is 3.32. The summed E-state index contributed by atoms with van der Waals surface area (Å²) in [4.78, 5) is 38.4. The van der Waals surface area contributed by atoms with Crippen molar-refractivity contribution in [3.05, 3.63) is 0 Å². The van der Waals surface area contributed by atoms with E-state index in [9.17, 15) is 24.6 Å². The van der Waals surface area contributed by atoms with Crippen molar-refractivity contribution in [2.24, 2.45) is 11.8 Å². The van der Waals surface area contributed by atoms with E-state index in [0.29, 0.717) is 52.0 Å². The highest BCUT2D eigenvalue weighted by Crippen LogP contribution is 2.25. The first-order valence-electron chi connectivity index (χ1n) is 14.1. The maximum atomic E-state index is 11.9. The third-order valence-corrected chi connectivity index (χ3v) is 6.58. The number of aliphatic hydroxyl groups is 3. The fraction of sp³-hybridized carbons (Fsp3) is 0.893. The van der Waals surface area contributed by atoms with E-state index >= 15 is 0 Å². The molecule has 2 amide bonds. The molecule has 2 fully saturated rings. The molecule has 11 heteroatoms. The molecule has 0 aromatic heterocycles. The quantitative estimate of drug-likeness (QED) is 0.315. The minimum absolute atomic E-state index is 0.00739. The molecule has 2 aliphatic heterocycles. The second-order valence-electron chi connectivity index (χ2n) is 12.3. The molecule has 2 atom stereocenters. The average molecular weight is 561 g/mol. The van der Waals surface area contributed by atoms with Gasteiger partial charge in [0.05, 0.1) is 25.2 Å². The van der Waals surface area contributed by atoms with Crippen LogP contribution in [0.15, 0.2) is 0 Å². The van der Waals surface area contributed by atoms with Crippen LogP contribution in [0.3, 0.4) is 0 Å². The Hall–Kier alpha value is -2.11. The van der Waals surface area contributed by atoms with Gasteiger partial charge in [0, 0.05) is 32.8 Å². The van der Waals surface area contributed by atoms with Crippen LogP contribution in [0.5, 0.6) is 0 Å². The van der Waals surface area contributed by atoms with E-state index in [1.54, 1.807) is 16.7 Å². The van der Waals surface area contributed by atoms with Crippen LogP contribution < -0.4 is 0 Å². The maximum Gasteiger partial charge on any atom is 0.410 e. The summed E-state index contributed by atoms with van der Waals surface area (Å²) >= 11 is 0. The zero-order valence-electron chi connectivity index (χ0n) is 25.0. The monoisotopic (exact) mass is 560 g/mol. The van der Waals surface area contributed by atoms with Crippen LogP contribution in [0.4, 0.5) is 9.59 Å². The molecule has 3 N–H and O–H groups in total. The van der Waals surface area contributed by atoms with Crippen LogP contribution in [-0.2, 0) is 19.0 Å². The number of amides is 2. The highest BCUT2D eigenvalue weighted by atomic mass is 16.6. The number of likely N-dealkylation sites (tertiary alicyclic amines) is 2. The van der Waals surface area contributed by atoms with Gasteiger partial charge in [-0.05, 0) is 92.4 Å². The molecule has 2 aliphatic rings. The first-order chi connectivity index (χ1) is 18.1. The normalized spacial score (nSPS) is 18.9. The van der Waals surface area contributed by atoms with Crippen LogP contribution in [0.2, 0.25) is 0 Å². The van der Waals surface area contributed by atoms with Crippen LogP contribution in [0.1, 0.15) is 87.0 Å². The zero-order chi connectivity index (χ0) is 29.8. The van der Waals surface area contributed by atoms with Crippen molar-refractivity contribution in [2.75, 3.05) is 39.4 Å². The summed E-state index contributed by atoms with van der Waals surface area (Å²) in [5, 5.41) is 28.6. The number of rotatable bonds is 7. The van der Waals surface area contributed by atoms with Crippen LogP contribution in [0, 0.1) is 11.8 Å². The second-order valence-corrected chi connectivity index (χ2v) is 12.3. The van der Waals surface area contributed by atoms with E-state index < -0.39 is 23.4 Å². The van der Waals surface area contributed by atoms with Gasteiger partial charge >= 0.3 is 18.2 Å².